The van der Waals surface area contributed by atoms with Crippen LogP contribution in [0, 0.1) is 5.82 Å². The van der Waals surface area contributed by atoms with Crippen LogP contribution in [0.15, 0.2) is 47.4 Å². The largest absolute Gasteiger partial charge is 0.465 e. The molecule has 0 radical (unpaired) electrons. The lowest BCUT2D eigenvalue weighted by atomic mass is 10.1. The molecule has 0 atom stereocenters. The second kappa shape index (κ2) is 7.31. The predicted molar refractivity (Wildman–Crippen MR) is 86.3 cm³/mol. The number of carbonyl (C=O) groups excluding carboxylic acids is 2. The second-order valence-electron chi connectivity index (χ2n) is 4.81. The van der Waals surface area contributed by atoms with Gasteiger partial charge in [0.05, 0.1) is 25.3 Å². The Morgan fingerprint density at radius 2 is 1.56 bits per heavy atom. The van der Waals surface area contributed by atoms with E-state index in [0.717, 1.165) is 38.5 Å². The van der Waals surface area contributed by atoms with E-state index in [-0.39, 0.29) is 16.8 Å². The lowest BCUT2D eigenvalue weighted by Crippen LogP contribution is -2.18. The maximum absolute atomic E-state index is 12.9. The molecular weight excluding hydrogens is 353 g/mol. The second-order valence-corrected chi connectivity index (χ2v) is 6.46. The number of halogens is 1. The van der Waals surface area contributed by atoms with Crippen LogP contribution in [-0.2, 0) is 19.5 Å². The van der Waals surface area contributed by atoms with E-state index in [0.29, 0.717) is 0 Å². The van der Waals surface area contributed by atoms with Crippen molar-refractivity contribution in [2.45, 2.75) is 4.90 Å². The molecule has 9 heteroatoms. The average Bonchev–Trinajstić information content (AvgIpc) is 2.61. The number of sulfonamides is 1. The fraction of sp³-hybridized carbons (Fsp3) is 0.125. The van der Waals surface area contributed by atoms with E-state index in [1.807, 2.05) is 0 Å². The first-order chi connectivity index (χ1) is 11.8. The first-order valence-corrected chi connectivity index (χ1v) is 8.36. The Bertz CT molecular complexity index is 909. The summed E-state index contributed by atoms with van der Waals surface area (Å²) in [5, 5.41) is 0. The minimum Gasteiger partial charge on any atom is -0.465 e. The zero-order valence-corrected chi connectivity index (χ0v) is 14.1. The van der Waals surface area contributed by atoms with E-state index in [1.165, 1.54) is 18.2 Å². The molecule has 25 heavy (non-hydrogen) atoms. The third kappa shape index (κ3) is 4.13. The van der Waals surface area contributed by atoms with Crippen molar-refractivity contribution in [3.63, 3.8) is 0 Å². The summed E-state index contributed by atoms with van der Waals surface area (Å²) in [7, 11) is -2.02. The molecular formula is C16H14FNO6S. The van der Waals surface area contributed by atoms with Crippen molar-refractivity contribution in [2.75, 3.05) is 18.9 Å². The summed E-state index contributed by atoms with van der Waals surface area (Å²) in [5.41, 5.74) is -0.236. The van der Waals surface area contributed by atoms with Crippen LogP contribution in [0.2, 0.25) is 0 Å². The molecule has 0 bridgehead atoms. The molecule has 0 aliphatic carbocycles. The number of anilines is 1. The van der Waals surface area contributed by atoms with Gasteiger partial charge in [0.2, 0.25) is 0 Å². The van der Waals surface area contributed by atoms with Gasteiger partial charge in [0.15, 0.2) is 0 Å². The molecule has 0 amide bonds. The number of carbonyl (C=O) groups is 2. The smallest absolute Gasteiger partial charge is 0.339 e. The Morgan fingerprint density at radius 1 is 0.960 bits per heavy atom. The van der Waals surface area contributed by atoms with Gasteiger partial charge in [-0.2, -0.15) is 0 Å². The molecule has 1 N–H and O–H groups in total. The highest BCUT2D eigenvalue weighted by Crippen LogP contribution is 2.23. The number of nitrogens with one attached hydrogen (secondary N) is 1. The van der Waals surface area contributed by atoms with Crippen LogP contribution in [0.4, 0.5) is 10.1 Å². The summed E-state index contributed by atoms with van der Waals surface area (Å²) in [6, 6.07) is 7.98. The molecule has 0 aliphatic rings. The number of hydrogen-bond donors (Lipinski definition) is 1. The third-order valence-corrected chi connectivity index (χ3v) is 4.62. The monoisotopic (exact) mass is 367 g/mol. The van der Waals surface area contributed by atoms with Crippen LogP contribution in [0.25, 0.3) is 0 Å². The van der Waals surface area contributed by atoms with Crippen LogP contribution in [-0.4, -0.2) is 34.6 Å². The number of rotatable bonds is 5. The molecule has 7 nitrogen and oxygen atoms in total. The molecule has 2 rings (SSSR count). The molecule has 0 aromatic heterocycles. The number of benzene rings is 2. The maximum Gasteiger partial charge on any atom is 0.339 e. The zero-order valence-electron chi connectivity index (χ0n) is 13.3. The minimum absolute atomic E-state index is 0.0605. The predicted octanol–water partition coefficient (Wildman–Crippen LogP) is 2.20. The molecule has 0 spiro atoms. The summed E-state index contributed by atoms with van der Waals surface area (Å²) in [4.78, 5) is 23.0. The van der Waals surface area contributed by atoms with Gasteiger partial charge >= 0.3 is 11.9 Å². The number of ether oxygens (including phenoxy) is 2. The van der Waals surface area contributed by atoms with Gasteiger partial charge in [-0.25, -0.2) is 22.4 Å². The summed E-state index contributed by atoms with van der Waals surface area (Å²) in [6.45, 7) is 0. The Balaban J connectivity index is 2.54. The zero-order chi connectivity index (χ0) is 18.6. The van der Waals surface area contributed by atoms with Crippen LogP contribution in [0.1, 0.15) is 20.7 Å². The Kier molecular flexibility index (Phi) is 5.38. The molecule has 0 fully saturated rings. The fourth-order valence-electron chi connectivity index (χ4n) is 2.00. The van der Waals surface area contributed by atoms with Gasteiger partial charge in [-0.3, -0.25) is 4.72 Å². The number of esters is 2. The highest BCUT2D eigenvalue weighted by Gasteiger charge is 2.25. The Hall–Kier alpha value is -2.94. The van der Waals surface area contributed by atoms with Crippen molar-refractivity contribution in [3.8, 4) is 0 Å². The van der Waals surface area contributed by atoms with E-state index in [2.05, 4.69) is 14.2 Å². The summed E-state index contributed by atoms with van der Waals surface area (Å²) < 4.78 is 49.5. The van der Waals surface area contributed by atoms with E-state index in [4.69, 9.17) is 0 Å². The average molecular weight is 367 g/mol. The molecule has 0 saturated carbocycles. The molecule has 2 aromatic rings. The van der Waals surface area contributed by atoms with Gasteiger partial charge in [0.1, 0.15) is 10.7 Å². The lowest BCUT2D eigenvalue weighted by molar-refractivity contribution is 0.0583. The van der Waals surface area contributed by atoms with Crippen molar-refractivity contribution in [1.82, 2.24) is 0 Å². The Labute approximate surface area is 143 Å². The van der Waals surface area contributed by atoms with Crippen LogP contribution >= 0.6 is 0 Å². The van der Waals surface area contributed by atoms with Crippen molar-refractivity contribution in [1.29, 1.82) is 0 Å². The Morgan fingerprint density at radius 3 is 2.12 bits per heavy atom. The molecule has 0 unspecified atom stereocenters. The van der Waals surface area contributed by atoms with Crippen molar-refractivity contribution in [3.05, 3.63) is 59.4 Å². The standard InChI is InChI=1S/C16H14FNO6S/c1-23-15(19)10-3-8-13(16(20)24-2)14(9-10)25(21,22)18-12-6-4-11(17)5-7-12/h3-9,18H,1-2H3. The van der Waals surface area contributed by atoms with Crippen LogP contribution < -0.4 is 4.72 Å². The molecule has 2 aromatic carbocycles. The topological polar surface area (TPSA) is 98.8 Å². The van der Waals surface area contributed by atoms with Gasteiger partial charge in [-0.1, -0.05) is 0 Å². The third-order valence-electron chi connectivity index (χ3n) is 3.19. The maximum atomic E-state index is 12.9. The van der Waals surface area contributed by atoms with Gasteiger partial charge < -0.3 is 9.47 Å². The lowest BCUT2D eigenvalue weighted by Gasteiger charge is -2.12. The molecule has 0 heterocycles. The van der Waals surface area contributed by atoms with Gasteiger partial charge in [-0.15, -0.1) is 0 Å². The number of hydrogen-bond acceptors (Lipinski definition) is 6. The van der Waals surface area contributed by atoms with E-state index < -0.39 is 32.7 Å². The minimum atomic E-state index is -4.26. The van der Waals surface area contributed by atoms with E-state index in [9.17, 15) is 22.4 Å². The van der Waals surface area contributed by atoms with Crippen LogP contribution in [0.5, 0.6) is 0 Å². The highest BCUT2D eigenvalue weighted by molar-refractivity contribution is 7.92. The summed E-state index contributed by atoms with van der Waals surface area (Å²) >= 11 is 0. The summed E-state index contributed by atoms with van der Waals surface area (Å²) in [5.74, 6) is -2.20. The number of methoxy groups -OCH3 is 2. The quantitative estimate of drug-likeness (QED) is 0.814. The molecule has 132 valence electrons. The van der Waals surface area contributed by atoms with Crippen LogP contribution in [0.3, 0.4) is 0 Å². The van der Waals surface area contributed by atoms with Crippen molar-refractivity contribution >= 4 is 27.6 Å². The fourth-order valence-corrected chi connectivity index (χ4v) is 3.28. The SMILES string of the molecule is COC(=O)c1ccc(C(=O)OC)c(S(=O)(=O)Nc2ccc(F)cc2)c1. The molecule has 0 aliphatic heterocycles. The van der Waals surface area contributed by atoms with E-state index in [1.54, 1.807) is 0 Å². The van der Waals surface area contributed by atoms with Crippen molar-refractivity contribution < 1.29 is 31.9 Å². The highest BCUT2D eigenvalue weighted by atomic mass is 32.2. The van der Waals surface area contributed by atoms with Crippen molar-refractivity contribution in [2.24, 2.45) is 0 Å². The van der Waals surface area contributed by atoms with Gasteiger partial charge in [-0.05, 0) is 42.5 Å². The van der Waals surface area contributed by atoms with Gasteiger partial charge in [0.25, 0.3) is 10.0 Å². The van der Waals surface area contributed by atoms with E-state index >= 15 is 0 Å². The first kappa shape index (κ1) is 18.4. The van der Waals surface area contributed by atoms with Gasteiger partial charge in [0, 0.05) is 5.69 Å². The summed E-state index contributed by atoms with van der Waals surface area (Å²) in [6.07, 6.45) is 0. The normalized spacial score (nSPS) is 10.8. The first-order valence-electron chi connectivity index (χ1n) is 6.87. The molecule has 0 saturated heterocycles.